The lowest BCUT2D eigenvalue weighted by atomic mass is 10.4. The van der Waals surface area contributed by atoms with Gasteiger partial charge in [-0.25, -0.2) is 15.8 Å². The molecule has 0 spiro atoms. The average molecular weight is 255 g/mol. The molecule has 0 amide bonds. The van der Waals surface area contributed by atoms with E-state index in [1.807, 2.05) is 13.0 Å². The van der Waals surface area contributed by atoms with Crippen molar-refractivity contribution in [2.24, 2.45) is 5.84 Å². The summed E-state index contributed by atoms with van der Waals surface area (Å²) in [5, 5.41) is 0. The monoisotopic (exact) mass is 255 g/mol. The van der Waals surface area contributed by atoms with E-state index in [9.17, 15) is 4.21 Å². The van der Waals surface area contributed by atoms with E-state index < -0.39 is 10.8 Å². The first-order valence-electron chi connectivity index (χ1n) is 5.67. The van der Waals surface area contributed by atoms with Crippen LogP contribution in [0.15, 0.2) is 6.07 Å². The minimum atomic E-state index is -0.674. The zero-order valence-corrected chi connectivity index (χ0v) is 10.7. The highest BCUT2D eigenvalue weighted by molar-refractivity contribution is 7.85. The lowest BCUT2D eigenvalue weighted by Crippen LogP contribution is -2.38. The molecule has 1 aliphatic rings. The Hall–Kier alpha value is -1.21. The van der Waals surface area contributed by atoms with Crippen molar-refractivity contribution in [3.05, 3.63) is 11.9 Å². The molecule has 94 valence electrons. The summed E-state index contributed by atoms with van der Waals surface area (Å²) in [6.07, 6.45) is 0.766. The third-order valence-corrected chi connectivity index (χ3v) is 4.00. The quantitative estimate of drug-likeness (QED) is 0.579. The summed E-state index contributed by atoms with van der Waals surface area (Å²) in [4.78, 5) is 10.8. The smallest absolute Gasteiger partial charge is 0.145 e. The number of hydrazine groups is 1. The molecular formula is C10H17N5OS. The molecule has 0 saturated carbocycles. The Balaban J connectivity index is 2.22. The van der Waals surface area contributed by atoms with E-state index in [-0.39, 0.29) is 0 Å². The molecule has 1 aliphatic heterocycles. The van der Waals surface area contributed by atoms with E-state index in [1.165, 1.54) is 0 Å². The molecule has 1 saturated heterocycles. The fourth-order valence-corrected chi connectivity index (χ4v) is 2.80. The topological polar surface area (TPSA) is 84.1 Å². The number of hydrogen-bond acceptors (Lipinski definition) is 6. The van der Waals surface area contributed by atoms with Gasteiger partial charge in [-0.15, -0.1) is 0 Å². The SMILES string of the molecule is CCc1nc(NN)cc(N2CCS(=O)CC2)n1. The molecule has 7 heteroatoms. The van der Waals surface area contributed by atoms with Crippen molar-refractivity contribution in [3.8, 4) is 0 Å². The number of nitrogens with one attached hydrogen (secondary N) is 1. The van der Waals surface area contributed by atoms with E-state index in [2.05, 4.69) is 20.3 Å². The molecule has 17 heavy (non-hydrogen) atoms. The number of nitrogens with two attached hydrogens (primary N) is 1. The first kappa shape index (κ1) is 12.3. The number of aromatic nitrogens is 2. The van der Waals surface area contributed by atoms with E-state index in [1.54, 1.807) is 0 Å². The van der Waals surface area contributed by atoms with Crippen LogP contribution in [-0.4, -0.2) is 38.8 Å². The van der Waals surface area contributed by atoms with Crippen molar-refractivity contribution in [2.75, 3.05) is 34.9 Å². The van der Waals surface area contributed by atoms with E-state index in [0.717, 1.165) is 31.2 Å². The van der Waals surface area contributed by atoms with Crippen LogP contribution in [0.5, 0.6) is 0 Å². The first-order chi connectivity index (χ1) is 8.22. The number of aryl methyl sites for hydroxylation is 1. The second kappa shape index (κ2) is 5.42. The molecule has 0 atom stereocenters. The highest BCUT2D eigenvalue weighted by Crippen LogP contribution is 2.17. The zero-order chi connectivity index (χ0) is 12.3. The summed E-state index contributed by atoms with van der Waals surface area (Å²) in [6.45, 7) is 3.55. The van der Waals surface area contributed by atoms with Crippen LogP contribution in [0.1, 0.15) is 12.7 Å². The predicted octanol–water partition coefficient (Wildman–Crippen LogP) is -0.107. The Bertz CT molecular complexity index is 393. The van der Waals surface area contributed by atoms with Gasteiger partial charge in [-0.05, 0) is 0 Å². The Morgan fingerprint density at radius 2 is 2.18 bits per heavy atom. The van der Waals surface area contributed by atoms with E-state index >= 15 is 0 Å². The molecule has 3 N–H and O–H groups in total. The standard InChI is InChI=1S/C10H17N5OS/c1-2-8-12-9(14-11)7-10(13-8)15-3-5-17(16)6-4-15/h7H,2-6,11H2,1H3,(H,12,13,14). The largest absolute Gasteiger partial charge is 0.355 e. The fraction of sp³-hybridized carbons (Fsp3) is 0.600. The van der Waals surface area contributed by atoms with Crippen molar-refractivity contribution in [1.29, 1.82) is 0 Å². The second-order valence-electron chi connectivity index (χ2n) is 3.86. The van der Waals surface area contributed by atoms with Crippen molar-refractivity contribution in [3.63, 3.8) is 0 Å². The van der Waals surface area contributed by atoms with Crippen LogP contribution >= 0.6 is 0 Å². The molecule has 0 radical (unpaired) electrons. The highest BCUT2D eigenvalue weighted by atomic mass is 32.2. The molecule has 6 nitrogen and oxygen atoms in total. The maximum Gasteiger partial charge on any atom is 0.145 e. The van der Waals surface area contributed by atoms with Gasteiger partial charge in [0.2, 0.25) is 0 Å². The maximum absolute atomic E-state index is 11.3. The first-order valence-corrected chi connectivity index (χ1v) is 7.16. The highest BCUT2D eigenvalue weighted by Gasteiger charge is 2.17. The number of nitrogen functional groups attached to an aromatic ring is 1. The van der Waals surface area contributed by atoms with Crippen molar-refractivity contribution in [1.82, 2.24) is 9.97 Å². The Morgan fingerprint density at radius 1 is 1.47 bits per heavy atom. The van der Waals surface area contributed by atoms with E-state index in [0.29, 0.717) is 17.3 Å². The van der Waals surface area contributed by atoms with Gasteiger partial charge in [-0.3, -0.25) is 4.21 Å². The van der Waals surface area contributed by atoms with Crippen LogP contribution in [0.2, 0.25) is 0 Å². The maximum atomic E-state index is 11.3. The Kier molecular flexibility index (Phi) is 3.90. The molecule has 1 aromatic rings. The van der Waals surface area contributed by atoms with Crippen LogP contribution in [0.3, 0.4) is 0 Å². The van der Waals surface area contributed by atoms with Gasteiger partial charge in [0, 0.05) is 47.9 Å². The molecule has 0 unspecified atom stereocenters. The Labute approximate surface area is 103 Å². The summed E-state index contributed by atoms with van der Waals surface area (Å²) < 4.78 is 11.3. The predicted molar refractivity (Wildman–Crippen MR) is 69.3 cm³/mol. The lowest BCUT2D eigenvalue weighted by molar-refractivity contribution is 0.672. The summed E-state index contributed by atoms with van der Waals surface area (Å²) in [5.41, 5.74) is 2.55. The van der Waals surface area contributed by atoms with Gasteiger partial charge in [0.15, 0.2) is 0 Å². The van der Waals surface area contributed by atoms with Crippen LogP contribution in [0.4, 0.5) is 11.6 Å². The van der Waals surface area contributed by atoms with Crippen LogP contribution < -0.4 is 16.2 Å². The van der Waals surface area contributed by atoms with Gasteiger partial charge in [-0.1, -0.05) is 6.92 Å². The van der Waals surface area contributed by atoms with Crippen LogP contribution in [0.25, 0.3) is 0 Å². The van der Waals surface area contributed by atoms with Gasteiger partial charge in [-0.2, -0.15) is 0 Å². The number of hydrogen-bond donors (Lipinski definition) is 2. The van der Waals surface area contributed by atoms with Crippen molar-refractivity contribution < 1.29 is 4.21 Å². The average Bonchev–Trinajstić information content (AvgIpc) is 2.39. The Morgan fingerprint density at radius 3 is 2.76 bits per heavy atom. The fourth-order valence-electron chi connectivity index (χ4n) is 1.74. The third kappa shape index (κ3) is 2.92. The molecule has 2 rings (SSSR count). The van der Waals surface area contributed by atoms with E-state index in [4.69, 9.17) is 5.84 Å². The molecule has 2 heterocycles. The molecule has 1 aromatic heterocycles. The van der Waals surface area contributed by atoms with Gasteiger partial charge in [0.05, 0.1) is 0 Å². The summed E-state index contributed by atoms with van der Waals surface area (Å²) in [7, 11) is -0.674. The molecule has 0 aliphatic carbocycles. The number of anilines is 2. The van der Waals surface area contributed by atoms with Crippen molar-refractivity contribution in [2.45, 2.75) is 13.3 Å². The van der Waals surface area contributed by atoms with Gasteiger partial charge >= 0.3 is 0 Å². The molecular weight excluding hydrogens is 238 g/mol. The summed E-state index contributed by atoms with van der Waals surface area (Å²) in [5.74, 6) is 9.05. The normalized spacial score (nSPS) is 17.2. The van der Waals surface area contributed by atoms with Crippen molar-refractivity contribution >= 4 is 22.4 Å². The number of rotatable bonds is 3. The molecule has 0 bridgehead atoms. The van der Waals surface area contributed by atoms with Gasteiger partial charge in [0.25, 0.3) is 0 Å². The minimum Gasteiger partial charge on any atom is -0.355 e. The van der Waals surface area contributed by atoms with Crippen LogP contribution in [-0.2, 0) is 17.2 Å². The molecule has 1 fully saturated rings. The van der Waals surface area contributed by atoms with Gasteiger partial charge in [0.1, 0.15) is 17.5 Å². The molecule has 0 aromatic carbocycles. The minimum absolute atomic E-state index is 0.624. The summed E-state index contributed by atoms with van der Waals surface area (Å²) >= 11 is 0. The van der Waals surface area contributed by atoms with Crippen LogP contribution in [0, 0.1) is 0 Å². The number of nitrogens with zero attached hydrogens (tertiary/aromatic N) is 3. The zero-order valence-electron chi connectivity index (χ0n) is 9.85. The second-order valence-corrected chi connectivity index (χ2v) is 5.56. The van der Waals surface area contributed by atoms with Gasteiger partial charge < -0.3 is 10.3 Å². The lowest BCUT2D eigenvalue weighted by Gasteiger charge is -2.27. The summed E-state index contributed by atoms with van der Waals surface area (Å²) in [6, 6.07) is 1.83. The third-order valence-electron chi connectivity index (χ3n) is 2.72.